The van der Waals surface area contributed by atoms with E-state index >= 15 is 0 Å². The summed E-state index contributed by atoms with van der Waals surface area (Å²) < 4.78 is 0. The highest BCUT2D eigenvalue weighted by atomic mass is 32.2. The molecule has 0 saturated carbocycles. The predicted molar refractivity (Wildman–Crippen MR) is 109 cm³/mol. The van der Waals surface area contributed by atoms with Gasteiger partial charge in [0.2, 0.25) is 0 Å². The number of benzene rings is 1. The third-order valence-corrected chi connectivity index (χ3v) is 8.21. The zero-order chi connectivity index (χ0) is 18.8. The second-order valence-electron chi connectivity index (χ2n) is 7.46. The molecular weight excluding hydrogens is 380 g/mol. The summed E-state index contributed by atoms with van der Waals surface area (Å²) in [5.41, 5.74) is 2.76. The molecular formula is C20H24N2O3S2. The Kier molecular flexibility index (Phi) is 6.02. The van der Waals surface area contributed by atoms with E-state index in [4.69, 9.17) is 0 Å². The molecule has 0 aromatic heterocycles. The van der Waals surface area contributed by atoms with E-state index in [1.807, 2.05) is 0 Å². The Morgan fingerprint density at radius 1 is 1.07 bits per heavy atom. The van der Waals surface area contributed by atoms with E-state index in [9.17, 15) is 14.4 Å². The Morgan fingerprint density at radius 2 is 1.81 bits per heavy atom. The summed E-state index contributed by atoms with van der Waals surface area (Å²) in [4.78, 5) is 37.1. The number of hydrogen-bond donors (Lipinski definition) is 2. The Bertz CT molecular complexity index is 742. The molecule has 2 N–H and O–H groups in total. The lowest BCUT2D eigenvalue weighted by Crippen LogP contribution is -2.49. The van der Waals surface area contributed by atoms with Crippen molar-refractivity contribution in [1.29, 1.82) is 0 Å². The number of aldehydes is 1. The van der Waals surface area contributed by atoms with Crippen molar-refractivity contribution >= 4 is 41.4 Å². The molecule has 0 spiro atoms. The first kappa shape index (κ1) is 19.2. The van der Waals surface area contributed by atoms with Crippen LogP contribution in [-0.2, 0) is 27.2 Å². The number of carbonyl (C=O) groups excluding carboxylic acids is 3. The van der Waals surface area contributed by atoms with Crippen molar-refractivity contribution in [3.05, 3.63) is 35.4 Å². The molecule has 2 unspecified atom stereocenters. The average molecular weight is 405 g/mol. The van der Waals surface area contributed by atoms with Crippen molar-refractivity contribution in [2.24, 2.45) is 5.92 Å². The van der Waals surface area contributed by atoms with Crippen LogP contribution in [0.15, 0.2) is 24.3 Å². The number of Topliss-reactive ketones (excluding diaryl/α,β-unsaturated/α-hetero) is 2. The van der Waals surface area contributed by atoms with Gasteiger partial charge in [0, 0.05) is 18.2 Å². The highest BCUT2D eigenvalue weighted by Gasteiger charge is 2.44. The fourth-order valence-corrected chi connectivity index (χ4v) is 6.62. The quantitative estimate of drug-likeness (QED) is 0.697. The van der Waals surface area contributed by atoms with Crippen molar-refractivity contribution in [2.75, 3.05) is 11.8 Å². The number of rotatable bonds is 6. The third-order valence-electron chi connectivity index (χ3n) is 5.77. The van der Waals surface area contributed by atoms with Gasteiger partial charge in [0.15, 0.2) is 5.78 Å². The maximum atomic E-state index is 13.0. The molecule has 2 aliphatic heterocycles. The van der Waals surface area contributed by atoms with E-state index in [0.717, 1.165) is 25.5 Å². The summed E-state index contributed by atoms with van der Waals surface area (Å²) in [7, 11) is 0. The first-order chi connectivity index (χ1) is 13.2. The Hall–Kier alpha value is -1.15. The molecule has 5 atom stereocenters. The lowest BCUT2D eigenvalue weighted by Gasteiger charge is -2.26. The summed E-state index contributed by atoms with van der Waals surface area (Å²) in [5, 5.41) is 5.51. The van der Waals surface area contributed by atoms with Crippen LogP contribution in [0.4, 0.5) is 0 Å². The highest BCUT2D eigenvalue weighted by molar-refractivity contribution is 8.01. The van der Waals surface area contributed by atoms with Crippen molar-refractivity contribution in [3.63, 3.8) is 0 Å². The van der Waals surface area contributed by atoms with Gasteiger partial charge in [0.25, 0.3) is 0 Å². The van der Waals surface area contributed by atoms with E-state index in [-0.39, 0.29) is 16.8 Å². The summed E-state index contributed by atoms with van der Waals surface area (Å²) in [6.45, 7) is 0. The van der Waals surface area contributed by atoms with Gasteiger partial charge in [-0.3, -0.25) is 20.2 Å². The molecule has 2 fully saturated rings. The molecule has 0 radical (unpaired) electrons. The van der Waals surface area contributed by atoms with Gasteiger partial charge in [0.05, 0.1) is 22.6 Å². The minimum atomic E-state index is -0.474. The second kappa shape index (κ2) is 8.47. The minimum absolute atomic E-state index is 0.0144. The summed E-state index contributed by atoms with van der Waals surface area (Å²) in [6, 6.07) is 7.55. The van der Waals surface area contributed by atoms with Crippen molar-refractivity contribution in [3.8, 4) is 0 Å². The van der Waals surface area contributed by atoms with Crippen molar-refractivity contribution in [2.45, 2.75) is 48.3 Å². The minimum Gasteiger partial charge on any atom is -0.302 e. The van der Waals surface area contributed by atoms with E-state index in [0.29, 0.717) is 24.1 Å². The van der Waals surface area contributed by atoms with Gasteiger partial charge in [-0.05, 0) is 36.3 Å². The van der Waals surface area contributed by atoms with Crippen LogP contribution < -0.4 is 10.6 Å². The van der Waals surface area contributed by atoms with E-state index in [2.05, 4.69) is 34.9 Å². The number of carbonyl (C=O) groups is 3. The molecule has 7 heteroatoms. The Labute approximate surface area is 167 Å². The number of thioether (sulfide) groups is 2. The van der Waals surface area contributed by atoms with E-state index < -0.39 is 17.3 Å². The van der Waals surface area contributed by atoms with Crippen LogP contribution in [-0.4, -0.2) is 52.2 Å². The zero-order valence-corrected chi connectivity index (χ0v) is 16.7. The number of aryl methyl sites for hydroxylation is 1. The first-order valence-corrected chi connectivity index (χ1v) is 11.6. The van der Waals surface area contributed by atoms with Crippen molar-refractivity contribution < 1.29 is 14.4 Å². The monoisotopic (exact) mass is 404 g/mol. The lowest BCUT2D eigenvalue weighted by atomic mass is 9.80. The van der Waals surface area contributed by atoms with E-state index in [1.165, 1.54) is 34.7 Å². The number of fused-ring (bicyclic) bond motifs is 1. The largest absolute Gasteiger partial charge is 0.302 e. The van der Waals surface area contributed by atoms with Gasteiger partial charge >= 0.3 is 0 Å². The lowest BCUT2D eigenvalue weighted by molar-refractivity contribution is -0.126. The SMILES string of the molecule is O=C[C@H]1NCSC1C(=O)[C@H]1NCSC1C(=O)C[C@@H]1CCc2ccccc2C1. The van der Waals surface area contributed by atoms with Gasteiger partial charge in [-0.25, -0.2) is 0 Å². The zero-order valence-electron chi connectivity index (χ0n) is 15.1. The maximum absolute atomic E-state index is 13.0. The summed E-state index contributed by atoms with van der Waals surface area (Å²) in [5.74, 6) is 1.72. The molecule has 4 rings (SSSR count). The number of nitrogens with one attached hydrogen (secondary N) is 2. The van der Waals surface area contributed by atoms with Crippen LogP contribution in [0.1, 0.15) is 24.0 Å². The molecule has 0 bridgehead atoms. The smallest absolute Gasteiger partial charge is 0.166 e. The van der Waals surface area contributed by atoms with Crippen LogP contribution in [0.3, 0.4) is 0 Å². The molecule has 0 amide bonds. The fourth-order valence-electron chi connectivity index (χ4n) is 4.31. The van der Waals surface area contributed by atoms with Crippen molar-refractivity contribution in [1.82, 2.24) is 10.6 Å². The maximum Gasteiger partial charge on any atom is 0.166 e. The van der Waals surface area contributed by atoms with Gasteiger partial charge in [-0.1, -0.05) is 24.3 Å². The Morgan fingerprint density at radius 3 is 2.63 bits per heavy atom. The average Bonchev–Trinajstić information content (AvgIpc) is 3.36. The predicted octanol–water partition coefficient (Wildman–Crippen LogP) is 1.58. The van der Waals surface area contributed by atoms with Crippen LogP contribution in [0.25, 0.3) is 0 Å². The summed E-state index contributed by atoms with van der Waals surface area (Å²) >= 11 is 2.99. The first-order valence-electron chi connectivity index (χ1n) is 9.46. The normalized spacial score (nSPS) is 32.8. The molecule has 1 aromatic carbocycles. The topological polar surface area (TPSA) is 75.3 Å². The molecule has 1 aliphatic carbocycles. The molecule has 2 saturated heterocycles. The Balaban J connectivity index is 1.39. The standard InChI is InChI=1S/C20H24N2O3S2/c23-9-15-19(26-10-21-15)18(25)17-20(27-11-22-17)16(24)8-12-5-6-13-3-1-2-4-14(13)7-12/h1-4,9,12,15,17,19-22H,5-8,10-11H2/t12-,15-,17-,19?,20?/m1/s1. The third kappa shape index (κ3) is 4.01. The molecule has 5 nitrogen and oxygen atoms in total. The van der Waals surface area contributed by atoms with Gasteiger partial charge < -0.3 is 4.79 Å². The van der Waals surface area contributed by atoms with Gasteiger partial charge in [-0.15, -0.1) is 23.5 Å². The number of ketones is 2. The van der Waals surface area contributed by atoms with Crippen LogP contribution in [0, 0.1) is 5.92 Å². The summed E-state index contributed by atoms with van der Waals surface area (Å²) in [6.07, 6.45) is 4.34. The molecule has 1 aromatic rings. The van der Waals surface area contributed by atoms with Crippen LogP contribution in [0.2, 0.25) is 0 Å². The molecule has 144 valence electrons. The molecule has 27 heavy (non-hydrogen) atoms. The second-order valence-corrected chi connectivity index (χ2v) is 9.72. The molecule has 3 aliphatic rings. The highest BCUT2D eigenvalue weighted by Crippen LogP contribution is 2.33. The van der Waals surface area contributed by atoms with Gasteiger partial charge in [0.1, 0.15) is 12.1 Å². The van der Waals surface area contributed by atoms with Crippen LogP contribution in [0.5, 0.6) is 0 Å². The van der Waals surface area contributed by atoms with E-state index in [1.54, 1.807) is 0 Å². The fraction of sp³-hybridized carbons (Fsp3) is 0.550. The molecule has 2 heterocycles. The van der Waals surface area contributed by atoms with Crippen LogP contribution >= 0.6 is 23.5 Å². The van der Waals surface area contributed by atoms with Gasteiger partial charge in [-0.2, -0.15) is 0 Å². The number of hydrogen-bond acceptors (Lipinski definition) is 7.